The molecule has 1 amide bonds. The van der Waals surface area contributed by atoms with Crippen LogP contribution in [-0.2, 0) is 16.0 Å². The Hall–Kier alpha value is -1.89. The fourth-order valence-corrected chi connectivity index (χ4v) is 1.45. The molecule has 112 valence electrons. The highest BCUT2D eigenvalue weighted by Gasteiger charge is 2.41. The van der Waals surface area contributed by atoms with Crippen molar-refractivity contribution in [2.75, 3.05) is 0 Å². The minimum absolute atomic E-state index is 0.141. The number of hydrogen-bond acceptors (Lipinski definition) is 4. The second-order valence-electron chi connectivity index (χ2n) is 5.99. The molecule has 7 nitrogen and oxygen atoms in total. The van der Waals surface area contributed by atoms with Gasteiger partial charge < -0.3 is 21.1 Å². The van der Waals surface area contributed by atoms with Gasteiger partial charge in [0, 0.05) is 23.9 Å². The summed E-state index contributed by atoms with van der Waals surface area (Å²) in [5.74, 6) is -1.49. The van der Waals surface area contributed by atoms with Gasteiger partial charge in [0.25, 0.3) is 0 Å². The topological polar surface area (TPSA) is 121 Å². The number of nitrogens with one attached hydrogen (secondary N) is 2. The predicted octanol–water partition coefficient (Wildman–Crippen LogP) is 0.285. The van der Waals surface area contributed by atoms with E-state index >= 15 is 0 Å². The minimum Gasteiger partial charge on any atom is -0.480 e. The molecule has 7 heteroatoms. The molecular weight excluding hydrogens is 260 g/mol. The summed E-state index contributed by atoms with van der Waals surface area (Å²) in [6.45, 7) is 6.85. The Morgan fingerprint density at radius 2 is 2.05 bits per heavy atom. The molecule has 0 aromatic carbocycles. The van der Waals surface area contributed by atoms with Crippen molar-refractivity contribution in [3.63, 3.8) is 0 Å². The van der Waals surface area contributed by atoms with Crippen LogP contribution < -0.4 is 11.1 Å². The van der Waals surface area contributed by atoms with Crippen LogP contribution in [0.3, 0.4) is 0 Å². The largest absolute Gasteiger partial charge is 0.480 e. The molecule has 1 atom stereocenters. The first-order chi connectivity index (χ1) is 9.05. The van der Waals surface area contributed by atoms with Crippen molar-refractivity contribution in [1.82, 2.24) is 15.3 Å². The number of carbonyl (C=O) groups is 2. The van der Waals surface area contributed by atoms with Gasteiger partial charge in [-0.15, -0.1) is 0 Å². The predicted molar refractivity (Wildman–Crippen MR) is 73.9 cm³/mol. The second-order valence-corrected chi connectivity index (χ2v) is 5.99. The smallest absolute Gasteiger partial charge is 0.326 e. The number of rotatable bonds is 6. The number of nitrogens with two attached hydrogens (primary N) is 1. The van der Waals surface area contributed by atoms with Gasteiger partial charge >= 0.3 is 5.97 Å². The average molecular weight is 282 g/mol. The SMILES string of the molecule is CC(C)(N)C(C)(C)C(=O)N[C@H](Cc1cnc[nH]1)C(=O)O. The Balaban J connectivity index is 2.81. The van der Waals surface area contributed by atoms with Gasteiger partial charge in [0.05, 0.1) is 11.7 Å². The van der Waals surface area contributed by atoms with E-state index in [1.54, 1.807) is 27.7 Å². The molecule has 0 aliphatic rings. The van der Waals surface area contributed by atoms with E-state index in [0.717, 1.165) is 0 Å². The molecule has 0 saturated heterocycles. The summed E-state index contributed by atoms with van der Waals surface area (Å²) in [7, 11) is 0. The number of nitrogens with zero attached hydrogens (tertiary/aromatic N) is 1. The molecule has 0 fully saturated rings. The number of imidazole rings is 1. The van der Waals surface area contributed by atoms with Crippen molar-refractivity contribution < 1.29 is 14.7 Å². The summed E-state index contributed by atoms with van der Waals surface area (Å²) in [5.41, 5.74) is 4.95. The van der Waals surface area contributed by atoms with Gasteiger partial charge in [-0.3, -0.25) is 4.79 Å². The van der Waals surface area contributed by atoms with E-state index < -0.39 is 28.9 Å². The monoisotopic (exact) mass is 282 g/mol. The molecule has 0 radical (unpaired) electrons. The first-order valence-corrected chi connectivity index (χ1v) is 6.35. The summed E-state index contributed by atoms with van der Waals surface area (Å²) >= 11 is 0. The van der Waals surface area contributed by atoms with E-state index in [1.165, 1.54) is 12.5 Å². The fourth-order valence-electron chi connectivity index (χ4n) is 1.45. The van der Waals surface area contributed by atoms with Crippen molar-refractivity contribution in [3.8, 4) is 0 Å². The number of carboxylic acid groups (broad SMARTS) is 1. The van der Waals surface area contributed by atoms with Crippen LogP contribution >= 0.6 is 0 Å². The molecule has 1 heterocycles. The number of hydrogen-bond donors (Lipinski definition) is 4. The van der Waals surface area contributed by atoms with Crippen LogP contribution in [0.4, 0.5) is 0 Å². The average Bonchev–Trinajstić information content (AvgIpc) is 2.78. The van der Waals surface area contributed by atoms with Crippen LogP contribution in [-0.4, -0.2) is 38.5 Å². The van der Waals surface area contributed by atoms with Crippen molar-refractivity contribution >= 4 is 11.9 Å². The summed E-state index contributed by atoms with van der Waals surface area (Å²) in [5, 5.41) is 11.7. The third kappa shape index (κ3) is 3.57. The molecule has 1 aromatic rings. The number of aromatic amines is 1. The summed E-state index contributed by atoms with van der Waals surface area (Å²) in [6, 6.07) is -1.02. The molecule has 0 aliphatic heterocycles. The molecular formula is C13H22N4O3. The van der Waals surface area contributed by atoms with E-state index in [-0.39, 0.29) is 6.42 Å². The Kier molecular flexibility index (Phi) is 4.54. The summed E-state index contributed by atoms with van der Waals surface area (Å²) < 4.78 is 0. The quantitative estimate of drug-likeness (QED) is 0.597. The van der Waals surface area contributed by atoms with Gasteiger partial charge in [-0.25, -0.2) is 9.78 Å². The van der Waals surface area contributed by atoms with Gasteiger partial charge in [-0.05, 0) is 27.7 Å². The van der Waals surface area contributed by atoms with Gasteiger partial charge in [-0.2, -0.15) is 0 Å². The van der Waals surface area contributed by atoms with E-state index in [9.17, 15) is 14.7 Å². The lowest BCUT2D eigenvalue weighted by molar-refractivity contribution is -0.144. The Morgan fingerprint density at radius 1 is 1.45 bits per heavy atom. The zero-order valence-electron chi connectivity index (χ0n) is 12.2. The Morgan fingerprint density at radius 3 is 2.45 bits per heavy atom. The molecule has 0 aliphatic carbocycles. The number of carboxylic acids is 1. The number of amides is 1. The molecule has 20 heavy (non-hydrogen) atoms. The number of carbonyl (C=O) groups excluding carboxylic acids is 1. The van der Waals surface area contributed by atoms with Crippen molar-refractivity contribution in [1.29, 1.82) is 0 Å². The molecule has 1 rings (SSSR count). The summed E-state index contributed by atoms with van der Waals surface area (Å²) in [4.78, 5) is 30.2. The van der Waals surface area contributed by atoms with E-state index in [2.05, 4.69) is 15.3 Å². The zero-order valence-corrected chi connectivity index (χ0v) is 12.2. The third-order valence-corrected chi connectivity index (χ3v) is 3.76. The first kappa shape index (κ1) is 16.2. The van der Waals surface area contributed by atoms with Crippen LogP contribution in [0.1, 0.15) is 33.4 Å². The number of aliphatic carboxylic acids is 1. The second kappa shape index (κ2) is 5.62. The van der Waals surface area contributed by atoms with Crippen LogP contribution in [0.2, 0.25) is 0 Å². The standard InChI is InChI=1S/C13H22N4O3/c1-12(2,13(3,4)14)11(20)17-9(10(18)19)5-8-6-15-7-16-8/h6-7,9H,5,14H2,1-4H3,(H,15,16)(H,17,20)(H,18,19)/t9-/m1/s1. The normalized spacial score (nSPS) is 13.8. The lowest BCUT2D eigenvalue weighted by atomic mass is 9.74. The molecule has 5 N–H and O–H groups in total. The van der Waals surface area contributed by atoms with Crippen molar-refractivity contribution in [3.05, 3.63) is 18.2 Å². The highest BCUT2D eigenvalue weighted by molar-refractivity contribution is 5.88. The zero-order chi connectivity index (χ0) is 15.6. The van der Waals surface area contributed by atoms with Crippen LogP contribution in [0.5, 0.6) is 0 Å². The van der Waals surface area contributed by atoms with Gasteiger partial charge in [0.1, 0.15) is 6.04 Å². The fraction of sp³-hybridized carbons (Fsp3) is 0.615. The van der Waals surface area contributed by atoms with E-state index in [1.807, 2.05) is 0 Å². The molecule has 0 spiro atoms. The van der Waals surface area contributed by atoms with Crippen LogP contribution in [0.25, 0.3) is 0 Å². The van der Waals surface area contributed by atoms with Crippen molar-refractivity contribution in [2.24, 2.45) is 11.1 Å². The maximum Gasteiger partial charge on any atom is 0.326 e. The van der Waals surface area contributed by atoms with E-state index in [0.29, 0.717) is 5.69 Å². The molecule has 0 saturated carbocycles. The van der Waals surface area contributed by atoms with E-state index in [4.69, 9.17) is 5.73 Å². The van der Waals surface area contributed by atoms with Crippen molar-refractivity contribution in [2.45, 2.75) is 45.7 Å². The lowest BCUT2D eigenvalue weighted by Gasteiger charge is -2.37. The molecule has 1 aromatic heterocycles. The van der Waals surface area contributed by atoms with Gasteiger partial charge in [0.2, 0.25) is 5.91 Å². The Bertz CT molecular complexity index is 474. The first-order valence-electron chi connectivity index (χ1n) is 6.35. The molecule has 0 bridgehead atoms. The third-order valence-electron chi connectivity index (χ3n) is 3.76. The van der Waals surface area contributed by atoms with Gasteiger partial charge in [-0.1, -0.05) is 0 Å². The lowest BCUT2D eigenvalue weighted by Crippen LogP contribution is -2.58. The summed E-state index contributed by atoms with van der Waals surface area (Å²) in [6.07, 6.45) is 3.13. The maximum absolute atomic E-state index is 12.3. The highest BCUT2D eigenvalue weighted by atomic mass is 16.4. The van der Waals surface area contributed by atoms with Crippen LogP contribution in [0, 0.1) is 5.41 Å². The maximum atomic E-state index is 12.3. The molecule has 0 unspecified atom stereocenters. The minimum atomic E-state index is -1.10. The van der Waals surface area contributed by atoms with Crippen LogP contribution in [0.15, 0.2) is 12.5 Å². The number of aromatic nitrogens is 2. The number of H-pyrrole nitrogens is 1. The highest BCUT2D eigenvalue weighted by Crippen LogP contribution is 2.28. The van der Waals surface area contributed by atoms with Gasteiger partial charge in [0.15, 0.2) is 0 Å². The Labute approximate surface area is 118 Å².